The van der Waals surface area contributed by atoms with Crippen molar-refractivity contribution in [3.8, 4) is 5.75 Å². The van der Waals surface area contributed by atoms with Crippen LogP contribution in [0.2, 0.25) is 5.04 Å². The van der Waals surface area contributed by atoms with Crippen LogP contribution in [0.4, 0.5) is 13.2 Å². The zero-order valence-corrected chi connectivity index (χ0v) is 23.2. The number of aromatic nitrogens is 1. The van der Waals surface area contributed by atoms with Crippen LogP contribution in [0.1, 0.15) is 37.5 Å². The Kier molecular flexibility index (Phi) is 7.43. The van der Waals surface area contributed by atoms with Gasteiger partial charge in [-0.3, -0.25) is 0 Å². The summed E-state index contributed by atoms with van der Waals surface area (Å²) in [4.78, 5) is 4.14. The molecule has 0 aliphatic rings. The summed E-state index contributed by atoms with van der Waals surface area (Å²) in [7, 11) is -3.26. The number of benzene rings is 3. The van der Waals surface area contributed by atoms with E-state index >= 15 is 13.2 Å². The van der Waals surface area contributed by atoms with E-state index in [1.54, 1.807) is 6.07 Å². The van der Waals surface area contributed by atoms with Crippen molar-refractivity contribution in [3.05, 3.63) is 118 Å². The molecule has 0 N–H and O–H groups in total. The number of aryl methyl sites for hydroxylation is 1. The Hall–Kier alpha value is -2.90. The number of rotatable bonds is 6. The lowest BCUT2D eigenvalue weighted by Gasteiger charge is -2.43. The highest BCUT2D eigenvalue weighted by molar-refractivity contribution is 9.10. The van der Waals surface area contributed by atoms with E-state index in [-0.39, 0.29) is 12.0 Å². The topological polar surface area (TPSA) is 22.1 Å². The third-order valence-electron chi connectivity index (χ3n) is 6.45. The Bertz CT molecular complexity index is 1340. The van der Waals surface area contributed by atoms with Crippen LogP contribution in [0.5, 0.6) is 5.75 Å². The van der Waals surface area contributed by atoms with Crippen molar-refractivity contribution in [2.45, 2.75) is 39.2 Å². The fraction of sp³-hybridized carbons (Fsp3) is 0.207. The molecule has 1 heterocycles. The van der Waals surface area contributed by atoms with Crippen molar-refractivity contribution in [3.63, 3.8) is 0 Å². The maximum Gasteiger partial charge on any atom is 0.320 e. The molecule has 1 aromatic heterocycles. The molecule has 36 heavy (non-hydrogen) atoms. The van der Waals surface area contributed by atoms with Gasteiger partial charge in [0.25, 0.3) is 0 Å². The van der Waals surface area contributed by atoms with Gasteiger partial charge in [0.05, 0.1) is 0 Å². The second kappa shape index (κ2) is 10.2. The summed E-state index contributed by atoms with van der Waals surface area (Å²) in [6.07, 6.45) is 1.41. The minimum Gasteiger partial charge on any atom is -0.532 e. The van der Waals surface area contributed by atoms with E-state index in [4.69, 9.17) is 4.43 Å². The first-order valence-corrected chi connectivity index (χ1v) is 14.3. The van der Waals surface area contributed by atoms with Gasteiger partial charge in [-0.15, -0.1) is 0 Å². The van der Waals surface area contributed by atoms with Gasteiger partial charge in [0.15, 0.2) is 11.6 Å². The van der Waals surface area contributed by atoms with Gasteiger partial charge in [-0.25, -0.2) is 13.8 Å². The molecule has 4 rings (SSSR count). The summed E-state index contributed by atoms with van der Waals surface area (Å²) in [5.74, 6) is -3.72. The molecule has 3 aromatic carbocycles. The molecule has 4 aromatic rings. The van der Waals surface area contributed by atoms with Crippen molar-refractivity contribution in [1.82, 2.24) is 4.98 Å². The van der Waals surface area contributed by atoms with Crippen molar-refractivity contribution in [2.24, 2.45) is 0 Å². The fourth-order valence-corrected chi connectivity index (χ4v) is 9.44. The van der Waals surface area contributed by atoms with E-state index in [0.717, 1.165) is 22.0 Å². The molecule has 0 atom stereocenters. The van der Waals surface area contributed by atoms with Crippen LogP contribution in [-0.2, 0) is 6.42 Å². The summed E-state index contributed by atoms with van der Waals surface area (Å²) in [5.41, 5.74) is 1.05. The molecule has 0 bridgehead atoms. The predicted molar refractivity (Wildman–Crippen MR) is 144 cm³/mol. The lowest BCUT2D eigenvalue weighted by Crippen LogP contribution is -2.69. The minimum absolute atomic E-state index is 0.125. The largest absolute Gasteiger partial charge is 0.532 e. The highest BCUT2D eigenvalue weighted by atomic mass is 79.9. The summed E-state index contributed by atoms with van der Waals surface area (Å²) < 4.78 is 53.5. The maximum atomic E-state index is 15.6. The minimum atomic E-state index is -3.26. The van der Waals surface area contributed by atoms with Crippen molar-refractivity contribution in [1.29, 1.82) is 0 Å². The van der Waals surface area contributed by atoms with Gasteiger partial charge in [-0.2, -0.15) is 4.39 Å². The zero-order valence-electron chi connectivity index (χ0n) is 20.6. The number of hydrogen-bond donors (Lipinski definition) is 0. The van der Waals surface area contributed by atoms with Gasteiger partial charge in [0, 0.05) is 24.2 Å². The average molecular weight is 571 g/mol. The number of hydrogen-bond acceptors (Lipinski definition) is 2. The van der Waals surface area contributed by atoms with Crippen LogP contribution in [0.15, 0.2) is 83.6 Å². The molecule has 0 saturated carbocycles. The second-order valence-electron chi connectivity index (χ2n) is 9.84. The van der Waals surface area contributed by atoms with Crippen LogP contribution in [-0.4, -0.2) is 13.3 Å². The van der Waals surface area contributed by atoms with E-state index < -0.39 is 36.6 Å². The van der Waals surface area contributed by atoms with E-state index in [1.165, 1.54) is 6.20 Å². The molecule has 0 aliphatic carbocycles. The molecule has 0 fully saturated rings. The van der Waals surface area contributed by atoms with E-state index in [9.17, 15) is 0 Å². The number of pyridine rings is 1. The first-order chi connectivity index (χ1) is 17.0. The Balaban J connectivity index is 1.86. The normalized spacial score (nSPS) is 12.0. The molecule has 2 nitrogen and oxygen atoms in total. The van der Waals surface area contributed by atoms with Crippen molar-refractivity contribution >= 4 is 34.6 Å². The number of halogens is 4. The number of nitrogens with zero attached hydrogens (tertiary/aromatic N) is 1. The van der Waals surface area contributed by atoms with Gasteiger partial charge < -0.3 is 4.43 Å². The smallest absolute Gasteiger partial charge is 0.320 e. The fourth-order valence-electron chi connectivity index (χ4n) is 4.59. The van der Waals surface area contributed by atoms with E-state index in [2.05, 4.69) is 20.9 Å². The van der Waals surface area contributed by atoms with Crippen LogP contribution in [0, 0.1) is 24.4 Å². The average Bonchev–Trinajstić information content (AvgIpc) is 2.84. The molecule has 0 radical (unpaired) electrons. The summed E-state index contributed by atoms with van der Waals surface area (Å²) in [6.45, 7) is 7.86. The van der Waals surface area contributed by atoms with Crippen LogP contribution < -0.4 is 14.8 Å². The molecule has 7 heteroatoms. The lowest BCUT2D eigenvalue weighted by molar-refractivity contribution is 0.422. The van der Waals surface area contributed by atoms with Gasteiger partial charge in [-0.05, 0) is 55.5 Å². The Labute approximate surface area is 219 Å². The van der Waals surface area contributed by atoms with Crippen molar-refractivity contribution < 1.29 is 17.6 Å². The monoisotopic (exact) mass is 569 g/mol. The Morgan fingerprint density at radius 1 is 0.861 bits per heavy atom. The molecule has 186 valence electrons. The third kappa shape index (κ3) is 4.86. The van der Waals surface area contributed by atoms with Gasteiger partial charge in [0.1, 0.15) is 16.2 Å². The Morgan fingerprint density at radius 3 is 1.92 bits per heavy atom. The highest BCUT2D eigenvalue weighted by Gasteiger charge is 2.52. The Morgan fingerprint density at radius 2 is 1.42 bits per heavy atom. The molecular formula is C29H27BrF3NOSi. The zero-order chi connectivity index (χ0) is 26.1. The second-order valence-corrected chi connectivity index (χ2v) is 14.9. The maximum absolute atomic E-state index is 15.6. The van der Waals surface area contributed by atoms with Gasteiger partial charge >= 0.3 is 8.32 Å². The summed E-state index contributed by atoms with van der Waals surface area (Å²) in [6, 6.07) is 21.8. The molecular weight excluding hydrogens is 543 g/mol. The van der Waals surface area contributed by atoms with Crippen molar-refractivity contribution in [2.75, 3.05) is 0 Å². The summed E-state index contributed by atoms with van der Waals surface area (Å²) >= 11 is 3.28. The first-order valence-electron chi connectivity index (χ1n) is 11.6. The molecule has 0 unspecified atom stereocenters. The lowest BCUT2D eigenvalue weighted by atomic mass is 10.0. The summed E-state index contributed by atoms with van der Waals surface area (Å²) in [5, 5.41) is 1.27. The SMILES string of the molecule is Cc1cc(Br)ncc1Cc1c(F)cc(O[Si](c2ccccc2)(c2ccccc2)C(C)(C)C)c(F)c1F. The van der Waals surface area contributed by atoms with Gasteiger partial charge in [-0.1, -0.05) is 81.4 Å². The van der Waals surface area contributed by atoms with Crippen LogP contribution in [0.3, 0.4) is 0 Å². The van der Waals surface area contributed by atoms with E-state index in [0.29, 0.717) is 10.2 Å². The molecule has 0 amide bonds. The van der Waals surface area contributed by atoms with Crippen LogP contribution >= 0.6 is 15.9 Å². The standard InChI is InChI=1S/C29H27BrF3NOSi/c1-19-15-26(30)34-18-20(19)16-23-24(31)17-25(28(33)27(23)32)35-36(29(2,3)4,21-11-7-5-8-12-21)22-13-9-6-10-14-22/h5-15,17-18H,16H2,1-4H3. The van der Waals surface area contributed by atoms with Crippen LogP contribution in [0.25, 0.3) is 0 Å². The first kappa shape index (κ1) is 26.2. The highest BCUT2D eigenvalue weighted by Crippen LogP contribution is 2.39. The predicted octanol–water partition coefficient (Wildman–Crippen LogP) is 7.10. The molecule has 0 aliphatic heterocycles. The quantitative estimate of drug-likeness (QED) is 0.140. The van der Waals surface area contributed by atoms with Gasteiger partial charge in [0.2, 0.25) is 0 Å². The molecule has 0 saturated heterocycles. The van der Waals surface area contributed by atoms with E-state index in [1.807, 2.05) is 88.4 Å². The molecule has 0 spiro atoms. The third-order valence-corrected chi connectivity index (χ3v) is 11.8.